The number of aliphatic imine (C=N–C) groups is 1. The highest BCUT2D eigenvalue weighted by atomic mass is 127. The van der Waals surface area contributed by atoms with E-state index in [1.54, 1.807) is 0 Å². The summed E-state index contributed by atoms with van der Waals surface area (Å²) >= 11 is 2.28. The van der Waals surface area contributed by atoms with Crippen LogP contribution < -0.4 is 15.9 Å². The molecule has 108 valence electrons. The van der Waals surface area contributed by atoms with Crippen LogP contribution in [0.3, 0.4) is 0 Å². The SMILES string of the molecule is [B]c1ccc2c(c1)[C@@]1(COCC(N)=N1)c1cc(I)ccc1O2. The highest BCUT2D eigenvalue weighted by molar-refractivity contribution is 14.1. The Kier molecular flexibility index (Phi) is 3.19. The fourth-order valence-corrected chi connectivity index (χ4v) is 3.52. The molecule has 4 nitrogen and oxygen atoms in total. The molecule has 0 bridgehead atoms. The van der Waals surface area contributed by atoms with Gasteiger partial charge in [0.25, 0.3) is 0 Å². The van der Waals surface area contributed by atoms with Crippen LogP contribution in [0.2, 0.25) is 0 Å². The first-order valence-corrected chi connectivity index (χ1v) is 7.96. The van der Waals surface area contributed by atoms with Crippen molar-refractivity contribution in [2.24, 2.45) is 10.7 Å². The molecule has 6 heteroatoms. The number of ether oxygens (including phenoxy) is 2. The summed E-state index contributed by atoms with van der Waals surface area (Å²) in [5, 5.41) is 0. The Morgan fingerprint density at radius 3 is 2.64 bits per heavy atom. The van der Waals surface area contributed by atoms with Gasteiger partial charge in [0, 0.05) is 14.7 Å². The highest BCUT2D eigenvalue weighted by Crippen LogP contribution is 2.49. The second-order valence-corrected chi connectivity index (χ2v) is 6.70. The molecule has 2 N–H and O–H groups in total. The minimum Gasteiger partial charge on any atom is -0.457 e. The summed E-state index contributed by atoms with van der Waals surface area (Å²) in [5.74, 6) is 2.00. The van der Waals surface area contributed by atoms with Crippen LogP contribution in [0, 0.1) is 3.57 Å². The van der Waals surface area contributed by atoms with E-state index in [1.807, 2.05) is 30.3 Å². The number of rotatable bonds is 0. The van der Waals surface area contributed by atoms with Crippen molar-refractivity contribution in [2.45, 2.75) is 5.54 Å². The maximum Gasteiger partial charge on any atom is 0.143 e. The third-order valence-electron chi connectivity index (χ3n) is 3.95. The summed E-state index contributed by atoms with van der Waals surface area (Å²) < 4.78 is 12.8. The molecule has 2 radical (unpaired) electrons. The Hall–Kier alpha value is -1.54. The normalized spacial score (nSPS) is 22.5. The molecular formula is C16H12BIN2O2. The first-order chi connectivity index (χ1) is 10.6. The van der Waals surface area contributed by atoms with Gasteiger partial charge in [-0.1, -0.05) is 17.6 Å². The van der Waals surface area contributed by atoms with Gasteiger partial charge in [-0.2, -0.15) is 0 Å². The average Bonchev–Trinajstić information content (AvgIpc) is 2.49. The zero-order valence-electron chi connectivity index (χ0n) is 11.7. The number of amidine groups is 1. The van der Waals surface area contributed by atoms with Gasteiger partial charge in [-0.3, -0.25) is 4.99 Å². The fourth-order valence-electron chi connectivity index (χ4n) is 3.03. The van der Waals surface area contributed by atoms with Crippen LogP contribution in [-0.2, 0) is 10.3 Å². The molecule has 0 fully saturated rings. The first-order valence-electron chi connectivity index (χ1n) is 6.88. The van der Waals surface area contributed by atoms with E-state index in [1.165, 1.54) is 0 Å². The van der Waals surface area contributed by atoms with E-state index in [9.17, 15) is 0 Å². The number of halogens is 1. The molecule has 0 unspecified atom stereocenters. The standard InChI is InChI=1S/C16H12BIN2O2/c17-9-1-3-13-11(5-9)16(8-21-7-15(19)20-16)12-6-10(18)2-4-14(12)22-13/h1-6H,7-8H2,(H2,19,20)/t16-/m0/s1. The summed E-state index contributed by atoms with van der Waals surface area (Å²) in [6, 6.07) is 11.6. The smallest absolute Gasteiger partial charge is 0.143 e. The van der Waals surface area contributed by atoms with Gasteiger partial charge in [0.2, 0.25) is 0 Å². The number of nitrogens with two attached hydrogens (primary N) is 1. The van der Waals surface area contributed by atoms with Crippen molar-refractivity contribution >= 4 is 41.7 Å². The molecule has 4 rings (SSSR count). The molecule has 2 aromatic rings. The van der Waals surface area contributed by atoms with Crippen LogP contribution in [0.15, 0.2) is 41.4 Å². The third kappa shape index (κ3) is 2.05. The summed E-state index contributed by atoms with van der Waals surface area (Å²) in [5.41, 5.74) is 7.80. The third-order valence-corrected chi connectivity index (χ3v) is 4.62. The summed E-state index contributed by atoms with van der Waals surface area (Å²) in [7, 11) is 5.98. The number of fused-ring (bicyclic) bond motifs is 4. The zero-order valence-corrected chi connectivity index (χ0v) is 13.8. The molecule has 2 aliphatic heterocycles. The Bertz CT molecular complexity index is 755. The zero-order chi connectivity index (χ0) is 15.3. The lowest BCUT2D eigenvalue weighted by molar-refractivity contribution is 0.110. The van der Waals surface area contributed by atoms with Crippen LogP contribution in [0.25, 0.3) is 0 Å². The van der Waals surface area contributed by atoms with Crippen LogP contribution in [0.4, 0.5) is 0 Å². The monoisotopic (exact) mass is 402 g/mol. The van der Waals surface area contributed by atoms with E-state index in [0.29, 0.717) is 24.5 Å². The van der Waals surface area contributed by atoms with Crippen molar-refractivity contribution in [3.05, 3.63) is 51.1 Å². The molecule has 0 aromatic heterocycles. The van der Waals surface area contributed by atoms with Crippen molar-refractivity contribution < 1.29 is 9.47 Å². The topological polar surface area (TPSA) is 56.8 Å². The maximum atomic E-state index is 6.03. The molecule has 22 heavy (non-hydrogen) atoms. The predicted molar refractivity (Wildman–Crippen MR) is 94.3 cm³/mol. The summed E-state index contributed by atoms with van der Waals surface area (Å²) in [6.45, 7) is 0.764. The average molecular weight is 402 g/mol. The molecule has 1 atom stereocenters. The van der Waals surface area contributed by atoms with E-state index in [2.05, 4.69) is 28.7 Å². The van der Waals surface area contributed by atoms with E-state index < -0.39 is 5.54 Å². The lowest BCUT2D eigenvalue weighted by atomic mass is 9.78. The predicted octanol–water partition coefficient (Wildman–Crippen LogP) is 1.82. The van der Waals surface area contributed by atoms with E-state index in [4.69, 9.17) is 28.0 Å². The molecular weight excluding hydrogens is 390 g/mol. The van der Waals surface area contributed by atoms with Crippen LogP contribution in [-0.4, -0.2) is 26.9 Å². The minimum absolute atomic E-state index is 0.347. The van der Waals surface area contributed by atoms with Gasteiger partial charge in [0.05, 0.1) is 6.61 Å². The van der Waals surface area contributed by atoms with Gasteiger partial charge >= 0.3 is 0 Å². The van der Waals surface area contributed by atoms with Gasteiger partial charge in [0.1, 0.15) is 37.3 Å². The second kappa shape index (κ2) is 4.99. The maximum absolute atomic E-state index is 6.03. The first kappa shape index (κ1) is 14.1. The molecule has 2 heterocycles. The van der Waals surface area contributed by atoms with Crippen LogP contribution in [0.5, 0.6) is 11.5 Å². The minimum atomic E-state index is -0.693. The number of hydrogen-bond acceptors (Lipinski definition) is 4. The van der Waals surface area contributed by atoms with Gasteiger partial charge in [-0.15, -0.1) is 0 Å². The van der Waals surface area contributed by atoms with Crippen LogP contribution >= 0.6 is 22.6 Å². The molecule has 0 saturated carbocycles. The summed E-state index contributed by atoms with van der Waals surface area (Å²) in [6.07, 6.45) is 0. The molecule has 0 aliphatic carbocycles. The van der Waals surface area contributed by atoms with Crippen molar-refractivity contribution in [3.63, 3.8) is 0 Å². The molecule has 0 saturated heterocycles. The van der Waals surface area contributed by atoms with E-state index in [0.717, 1.165) is 26.2 Å². The highest BCUT2D eigenvalue weighted by Gasteiger charge is 2.44. The van der Waals surface area contributed by atoms with Crippen molar-refractivity contribution in [1.82, 2.24) is 0 Å². The largest absolute Gasteiger partial charge is 0.457 e. The lowest BCUT2D eigenvalue weighted by Crippen LogP contribution is -2.42. The molecule has 0 amide bonds. The molecule has 2 aromatic carbocycles. The Morgan fingerprint density at radius 1 is 1.14 bits per heavy atom. The Morgan fingerprint density at radius 2 is 1.86 bits per heavy atom. The van der Waals surface area contributed by atoms with Crippen molar-refractivity contribution in [1.29, 1.82) is 0 Å². The Labute approximate surface area is 143 Å². The lowest BCUT2D eigenvalue weighted by Gasteiger charge is -2.39. The Balaban J connectivity index is 2.05. The van der Waals surface area contributed by atoms with Gasteiger partial charge < -0.3 is 15.2 Å². The quantitative estimate of drug-likeness (QED) is 0.541. The van der Waals surface area contributed by atoms with Crippen LogP contribution in [0.1, 0.15) is 11.1 Å². The second-order valence-electron chi connectivity index (χ2n) is 5.45. The van der Waals surface area contributed by atoms with Gasteiger partial charge in [-0.25, -0.2) is 0 Å². The fraction of sp³-hybridized carbons (Fsp3) is 0.188. The van der Waals surface area contributed by atoms with Gasteiger partial charge in [-0.05, 0) is 46.9 Å². The number of nitrogens with zero attached hydrogens (tertiary/aromatic N) is 1. The molecule has 1 spiro atoms. The summed E-state index contributed by atoms with van der Waals surface area (Å²) in [4.78, 5) is 4.77. The van der Waals surface area contributed by atoms with Crippen molar-refractivity contribution in [2.75, 3.05) is 13.2 Å². The van der Waals surface area contributed by atoms with Crippen molar-refractivity contribution in [3.8, 4) is 11.5 Å². The van der Waals surface area contributed by atoms with E-state index in [-0.39, 0.29) is 0 Å². The number of benzene rings is 2. The van der Waals surface area contributed by atoms with E-state index >= 15 is 0 Å². The number of hydrogen-bond donors (Lipinski definition) is 1. The molecule has 2 aliphatic rings. The van der Waals surface area contributed by atoms with Gasteiger partial charge in [0.15, 0.2) is 0 Å².